The largest absolute Gasteiger partial charge is 0.756 e. The summed E-state index contributed by atoms with van der Waals surface area (Å²) in [4.78, 5) is 25.0. The molecule has 1 amide bonds. The van der Waals surface area contributed by atoms with E-state index in [0.717, 1.165) is 38.5 Å². The lowest BCUT2D eigenvalue weighted by Gasteiger charge is -2.29. The minimum absolute atomic E-state index is 0.00121. The Morgan fingerprint density at radius 3 is 1.74 bits per heavy atom. The summed E-state index contributed by atoms with van der Waals surface area (Å²) in [6.07, 6.45) is 26.8. The zero-order chi connectivity index (χ0) is 32.2. The molecule has 8 nitrogen and oxygen atoms in total. The first kappa shape index (κ1) is 42.2. The SMILES string of the molecule is CCCCCCCCCC/C=C/[C@@H](O)[C@H](COP(=O)([O-])OCC[N+](C)(C)C)NC(=O)CCCCCCCCCCCCC. The van der Waals surface area contributed by atoms with Gasteiger partial charge in [0.05, 0.1) is 39.9 Å². The molecule has 43 heavy (non-hydrogen) atoms. The molecular weight excluding hydrogens is 563 g/mol. The molecule has 0 rings (SSSR count). The van der Waals surface area contributed by atoms with E-state index in [1.807, 2.05) is 27.2 Å². The van der Waals surface area contributed by atoms with E-state index < -0.39 is 20.0 Å². The third kappa shape index (κ3) is 29.7. The number of phosphoric acid groups is 1. The molecule has 0 saturated heterocycles. The van der Waals surface area contributed by atoms with Gasteiger partial charge >= 0.3 is 0 Å². The number of hydrogen-bond donors (Lipinski definition) is 2. The van der Waals surface area contributed by atoms with Gasteiger partial charge in [0.25, 0.3) is 7.82 Å². The number of nitrogens with one attached hydrogen (secondary N) is 1. The lowest BCUT2D eigenvalue weighted by Crippen LogP contribution is -2.45. The first-order chi connectivity index (χ1) is 20.5. The maximum absolute atomic E-state index is 12.7. The van der Waals surface area contributed by atoms with Crippen molar-refractivity contribution in [2.24, 2.45) is 0 Å². The summed E-state index contributed by atoms with van der Waals surface area (Å²) in [5.74, 6) is -0.202. The fourth-order valence-electron chi connectivity index (χ4n) is 4.86. The molecule has 0 aromatic carbocycles. The Balaban J connectivity index is 4.59. The third-order valence-electron chi connectivity index (χ3n) is 7.75. The van der Waals surface area contributed by atoms with E-state index in [2.05, 4.69) is 19.2 Å². The summed E-state index contributed by atoms with van der Waals surface area (Å²) in [7, 11) is 1.26. The van der Waals surface area contributed by atoms with Crippen molar-refractivity contribution in [1.82, 2.24) is 5.32 Å². The number of allylic oxidation sites excluding steroid dienone is 1. The van der Waals surface area contributed by atoms with Crippen molar-refractivity contribution in [3.8, 4) is 0 Å². The molecular formula is C34H69N2O6P. The molecule has 0 fully saturated rings. The maximum Gasteiger partial charge on any atom is 0.268 e. The van der Waals surface area contributed by atoms with Crippen molar-refractivity contribution < 1.29 is 32.9 Å². The first-order valence-corrected chi connectivity index (χ1v) is 19.0. The highest BCUT2D eigenvalue weighted by atomic mass is 31.2. The number of amides is 1. The normalized spacial score (nSPS) is 15.0. The van der Waals surface area contributed by atoms with Gasteiger partial charge in [-0.2, -0.15) is 0 Å². The van der Waals surface area contributed by atoms with E-state index >= 15 is 0 Å². The number of unbranched alkanes of at least 4 members (excludes halogenated alkanes) is 18. The predicted octanol–water partition coefficient (Wildman–Crippen LogP) is 7.83. The van der Waals surface area contributed by atoms with E-state index in [1.54, 1.807) is 6.08 Å². The lowest BCUT2D eigenvalue weighted by atomic mass is 10.0. The minimum atomic E-state index is -4.56. The third-order valence-corrected chi connectivity index (χ3v) is 8.71. The number of rotatable bonds is 31. The van der Waals surface area contributed by atoms with Gasteiger partial charge < -0.3 is 28.8 Å². The molecule has 0 aliphatic heterocycles. The molecule has 3 atom stereocenters. The number of aliphatic hydroxyl groups is 1. The molecule has 2 N–H and O–H groups in total. The molecule has 0 aliphatic carbocycles. The van der Waals surface area contributed by atoms with Crippen LogP contribution >= 0.6 is 7.82 Å². The first-order valence-electron chi connectivity index (χ1n) is 17.6. The smallest absolute Gasteiger partial charge is 0.268 e. The Morgan fingerprint density at radius 2 is 1.26 bits per heavy atom. The summed E-state index contributed by atoms with van der Waals surface area (Å²) >= 11 is 0. The Kier molecular flexibility index (Phi) is 27.1. The molecule has 0 spiro atoms. The highest BCUT2D eigenvalue weighted by Crippen LogP contribution is 2.38. The molecule has 0 aromatic rings. The van der Waals surface area contributed by atoms with Crippen LogP contribution in [0, 0.1) is 0 Å². The molecule has 0 bridgehead atoms. The monoisotopic (exact) mass is 632 g/mol. The van der Waals surface area contributed by atoms with E-state index in [4.69, 9.17) is 9.05 Å². The molecule has 0 heterocycles. The molecule has 0 aliphatic rings. The number of hydrogen-bond acceptors (Lipinski definition) is 6. The van der Waals surface area contributed by atoms with Crippen LogP contribution in [-0.2, 0) is 18.4 Å². The molecule has 0 aromatic heterocycles. The van der Waals surface area contributed by atoms with Gasteiger partial charge in [0.2, 0.25) is 5.91 Å². The zero-order valence-corrected chi connectivity index (χ0v) is 29.6. The quantitative estimate of drug-likeness (QED) is 0.0349. The second kappa shape index (κ2) is 27.5. The lowest BCUT2D eigenvalue weighted by molar-refractivity contribution is -0.870. The Bertz CT molecular complexity index is 728. The van der Waals surface area contributed by atoms with Gasteiger partial charge in [-0.3, -0.25) is 9.36 Å². The summed E-state index contributed by atoms with van der Waals surface area (Å²) in [5, 5.41) is 13.6. The zero-order valence-electron chi connectivity index (χ0n) is 28.7. The number of likely N-dealkylation sites (N-methyl/N-ethyl adjacent to an activating group) is 1. The summed E-state index contributed by atoms with van der Waals surface area (Å²) in [6, 6.07) is -0.876. The van der Waals surface area contributed by atoms with Gasteiger partial charge in [-0.25, -0.2) is 0 Å². The van der Waals surface area contributed by atoms with Crippen molar-refractivity contribution in [3.63, 3.8) is 0 Å². The predicted molar refractivity (Wildman–Crippen MR) is 178 cm³/mol. The average molecular weight is 633 g/mol. The number of phosphoric ester groups is 1. The van der Waals surface area contributed by atoms with E-state index in [9.17, 15) is 19.4 Å². The van der Waals surface area contributed by atoms with Crippen molar-refractivity contribution in [1.29, 1.82) is 0 Å². The fourth-order valence-corrected chi connectivity index (χ4v) is 5.58. The maximum atomic E-state index is 12.7. The van der Waals surface area contributed by atoms with Crippen molar-refractivity contribution in [3.05, 3.63) is 12.2 Å². The summed E-state index contributed by atoms with van der Waals surface area (Å²) in [6.45, 7) is 4.59. The number of carbonyl (C=O) groups is 1. The van der Waals surface area contributed by atoms with Crippen LogP contribution in [0.4, 0.5) is 0 Å². The Morgan fingerprint density at radius 1 is 0.791 bits per heavy atom. The second-order valence-electron chi connectivity index (χ2n) is 13.2. The van der Waals surface area contributed by atoms with Crippen molar-refractivity contribution in [2.75, 3.05) is 40.9 Å². The van der Waals surface area contributed by atoms with Gasteiger partial charge in [-0.15, -0.1) is 0 Å². The van der Waals surface area contributed by atoms with Crippen LogP contribution < -0.4 is 10.2 Å². The number of aliphatic hydroxyl groups excluding tert-OH is 1. The number of nitrogens with zero attached hydrogens (tertiary/aromatic N) is 1. The number of carbonyl (C=O) groups excluding carboxylic acids is 1. The van der Waals surface area contributed by atoms with Crippen LogP contribution in [-0.4, -0.2) is 68.5 Å². The van der Waals surface area contributed by atoms with Crippen LogP contribution in [0.15, 0.2) is 12.2 Å². The van der Waals surface area contributed by atoms with Gasteiger partial charge in [-0.1, -0.05) is 135 Å². The van der Waals surface area contributed by atoms with Crippen LogP contribution in [0.5, 0.6) is 0 Å². The van der Waals surface area contributed by atoms with Gasteiger partial charge in [0, 0.05) is 6.42 Å². The van der Waals surface area contributed by atoms with E-state index in [1.165, 1.54) is 89.9 Å². The molecule has 0 radical (unpaired) electrons. The summed E-state index contributed by atoms with van der Waals surface area (Å²) < 4.78 is 23.0. The van der Waals surface area contributed by atoms with Crippen molar-refractivity contribution in [2.45, 2.75) is 161 Å². The molecule has 1 unspecified atom stereocenters. The van der Waals surface area contributed by atoms with Crippen LogP contribution in [0.3, 0.4) is 0 Å². The standard InChI is InChI=1S/C34H69N2O6P/c1-6-8-10-12-14-16-18-20-22-24-26-28-34(38)35-32(31-42-43(39,40)41-30-29-36(3,4)5)33(37)27-25-23-21-19-17-15-13-11-9-7-2/h25,27,32-33,37H,6-24,26,28-31H2,1-5H3,(H-,35,38,39,40)/b27-25+/t32-,33+/m0/s1. The Labute approximate surface area is 265 Å². The highest BCUT2D eigenvalue weighted by Gasteiger charge is 2.23. The molecule has 9 heteroatoms. The second-order valence-corrected chi connectivity index (χ2v) is 14.6. The van der Waals surface area contributed by atoms with Crippen LogP contribution in [0.25, 0.3) is 0 Å². The minimum Gasteiger partial charge on any atom is -0.756 e. The van der Waals surface area contributed by atoms with Gasteiger partial charge in [0.15, 0.2) is 0 Å². The van der Waals surface area contributed by atoms with Gasteiger partial charge in [-0.05, 0) is 19.3 Å². The van der Waals surface area contributed by atoms with Crippen LogP contribution in [0.1, 0.15) is 149 Å². The van der Waals surface area contributed by atoms with Crippen molar-refractivity contribution >= 4 is 13.7 Å². The molecule has 0 saturated carbocycles. The summed E-state index contributed by atoms with van der Waals surface area (Å²) in [5.41, 5.74) is 0. The van der Waals surface area contributed by atoms with Gasteiger partial charge in [0.1, 0.15) is 13.2 Å². The number of quaternary nitrogens is 1. The van der Waals surface area contributed by atoms with Crippen LogP contribution in [0.2, 0.25) is 0 Å². The van der Waals surface area contributed by atoms with E-state index in [-0.39, 0.29) is 19.1 Å². The highest BCUT2D eigenvalue weighted by molar-refractivity contribution is 7.45. The Hall–Kier alpha value is -0.760. The topological polar surface area (TPSA) is 108 Å². The average Bonchev–Trinajstić information content (AvgIpc) is 2.94. The molecule has 256 valence electrons. The van der Waals surface area contributed by atoms with E-state index in [0.29, 0.717) is 17.4 Å². The fraction of sp³-hybridized carbons (Fsp3) is 0.912.